The van der Waals surface area contributed by atoms with Gasteiger partial charge >= 0.3 is 0 Å². The first kappa shape index (κ1) is 27.3. The summed E-state index contributed by atoms with van der Waals surface area (Å²) in [7, 11) is 1.39. The lowest BCUT2D eigenvalue weighted by molar-refractivity contribution is 0.324. The molecule has 1 aromatic heterocycles. The van der Waals surface area contributed by atoms with Gasteiger partial charge in [0.2, 0.25) is 5.75 Å². The van der Waals surface area contributed by atoms with Crippen molar-refractivity contribution >= 4 is 26.3 Å². The Hall–Kier alpha value is -2.78. The van der Waals surface area contributed by atoms with Crippen LogP contribution < -0.4 is 19.1 Å². The molecule has 0 N–H and O–H groups in total. The monoisotopic (exact) mass is 544 g/mol. The summed E-state index contributed by atoms with van der Waals surface area (Å²) in [5.41, 5.74) is 5.77. The Morgan fingerprint density at radius 1 is 0.919 bits per heavy atom. The first-order valence-electron chi connectivity index (χ1n) is 12.4. The van der Waals surface area contributed by atoms with E-state index in [-0.39, 0.29) is 5.25 Å². The molecule has 0 atom stereocenters. The molecule has 0 aliphatic carbocycles. The van der Waals surface area contributed by atoms with Crippen molar-refractivity contribution in [2.75, 3.05) is 39.3 Å². The molecule has 0 unspecified atom stereocenters. The number of aryl methyl sites for hydroxylation is 2. The molecule has 0 saturated carbocycles. The molecule has 3 aromatic rings. The van der Waals surface area contributed by atoms with Gasteiger partial charge in [0, 0.05) is 24.9 Å². The van der Waals surface area contributed by atoms with E-state index in [0.29, 0.717) is 54.5 Å². The summed E-state index contributed by atoms with van der Waals surface area (Å²) < 4.78 is 43.7. The van der Waals surface area contributed by atoms with Crippen LogP contribution in [0.1, 0.15) is 46.4 Å². The molecule has 1 fully saturated rings. The second-order valence-electron chi connectivity index (χ2n) is 9.65. The SMILES string of the molecule is COc1cc(Cc2csc(N3CCC(S(=O)(=O)c4c(C)c(C)cc(C)c4C)CC3)n2)cc(OC)c1OC. The molecule has 0 amide bonds. The van der Waals surface area contributed by atoms with Crippen molar-refractivity contribution in [1.29, 1.82) is 0 Å². The number of thiazole rings is 1. The molecule has 9 heteroatoms. The number of ether oxygens (including phenoxy) is 3. The molecule has 2 heterocycles. The van der Waals surface area contributed by atoms with Gasteiger partial charge in [-0.25, -0.2) is 13.4 Å². The summed E-state index contributed by atoms with van der Waals surface area (Å²) >= 11 is 1.59. The Balaban J connectivity index is 1.47. The van der Waals surface area contributed by atoms with Crippen LogP contribution in [0.15, 0.2) is 28.5 Å². The maximum atomic E-state index is 13.7. The van der Waals surface area contributed by atoms with Crippen molar-refractivity contribution in [2.45, 2.75) is 57.1 Å². The van der Waals surface area contributed by atoms with Crippen LogP contribution >= 0.6 is 11.3 Å². The van der Waals surface area contributed by atoms with Crippen molar-refractivity contribution in [3.63, 3.8) is 0 Å². The molecule has 7 nitrogen and oxygen atoms in total. The number of sulfone groups is 1. The molecule has 1 aliphatic heterocycles. The molecule has 0 radical (unpaired) electrons. The second kappa shape index (κ2) is 10.9. The van der Waals surface area contributed by atoms with Gasteiger partial charge < -0.3 is 19.1 Å². The highest BCUT2D eigenvalue weighted by Gasteiger charge is 2.34. The number of anilines is 1. The standard InChI is InChI=1S/C28H36N2O5S2/c1-17-12-18(2)20(4)27(19(17)3)37(31,32)23-8-10-30(11-9-23)28-29-22(16-36-28)13-21-14-24(33-5)26(35-7)25(15-21)34-6/h12,14-16,23H,8-11,13H2,1-7H3. The third kappa shape index (κ3) is 5.29. The van der Waals surface area contributed by atoms with E-state index in [4.69, 9.17) is 19.2 Å². The van der Waals surface area contributed by atoms with Crippen LogP contribution in [0.2, 0.25) is 0 Å². The van der Waals surface area contributed by atoms with E-state index in [1.54, 1.807) is 32.7 Å². The largest absolute Gasteiger partial charge is 0.493 e. The predicted octanol–water partition coefficient (Wildman–Crippen LogP) is 5.44. The third-order valence-electron chi connectivity index (χ3n) is 7.38. The zero-order chi connectivity index (χ0) is 26.9. The average molecular weight is 545 g/mol. The Morgan fingerprint density at radius 3 is 2.00 bits per heavy atom. The van der Waals surface area contributed by atoms with Crippen LogP contribution in [-0.4, -0.2) is 53.1 Å². The van der Waals surface area contributed by atoms with Crippen LogP contribution in [-0.2, 0) is 16.3 Å². The van der Waals surface area contributed by atoms with E-state index in [9.17, 15) is 8.42 Å². The van der Waals surface area contributed by atoms with E-state index in [1.807, 2.05) is 39.8 Å². The van der Waals surface area contributed by atoms with E-state index < -0.39 is 9.84 Å². The first-order chi connectivity index (χ1) is 17.6. The van der Waals surface area contributed by atoms with Gasteiger partial charge in [-0.3, -0.25) is 0 Å². The van der Waals surface area contributed by atoms with Crippen LogP contribution in [0.3, 0.4) is 0 Å². The van der Waals surface area contributed by atoms with Crippen LogP contribution in [0, 0.1) is 27.7 Å². The molecular weight excluding hydrogens is 508 g/mol. The quantitative estimate of drug-likeness (QED) is 0.374. The molecule has 0 bridgehead atoms. The molecule has 37 heavy (non-hydrogen) atoms. The fourth-order valence-corrected chi connectivity index (χ4v) is 8.32. The number of benzene rings is 2. The number of hydrogen-bond acceptors (Lipinski definition) is 8. The predicted molar refractivity (Wildman–Crippen MR) is 149 cm³/mol. The minimum atomic E-state index is -3.41. The molecule has 0 spiro atoms. The fourth-order valence-electron chi connectivity index (χ4n) is 5.10. The van der Waals surface area contributed by atoms with Gasteiger partial charge in [0.1, 0.15) is 0 Å². The first-order valence-corrected chi connectivity index (χ1v) is 14.8. The van der Waals surface area contributed by atoms with Crippen molar-refractivity contribution in [3.05, 3.63) is 57.1 Å². The van der Waals surface area contributed by atoms with Crippen molar-refractivity contribution in [3.8, 4) is 17.2 Å². The van der Waals surface area contributed by atoms with Crippen molar-refractivity contribution in [1.82, 2.24) is 4.98 Å². The lowest BCUT2D eigenvalue weighted by Gasteiger charge is -2.32. The van der Waals surface area contributed by atoms with Gasteiger partial charge in [-0.2, -0.15) is 0 Å². The van der Waals surface area contributed by atoms with E-state index in [1.165, 1.54) is 0 Å². The lowest BCUT2D eigenvalue weighted by atomic mass is 10.0. The van der Waals surface area contributed by atoms with E-state index >= 15 is 0 Å². The summed E-state index contributed by atoms with van der Waals surface area (Å²) in [4.78, 5) is 7.60. The van der Waals surface area contributed by atoms with Crippen LogP contribution in [0.4, 0.5) is 5.13 Å². The van der Waals surface area contributed by atoms with Crippen LogP contribution in [0.25, 0.3) is 0 Å². The molecule has 2 aromatic carbocycles. The van der Waals surface area contributed by atoms with Crippen molar-refractivity contribution < 1.29 is 22.6 Å². The highest BCUT2D eigenvalue weighted by molar-refractivity contribution is 7.92. The summed E-state index contributed by atoms with van der Waals surface area (Å²) in [5, 5.41) is 2.61. The summed E-state index contributed by atoms with van der Waals surface area (Å²) in [6.45, 7) is 9.17. The van der Waals surface area contributed by atoms with Crippen LogP contribution in [0.5, 0.6) is 17.2 Å². The number of aromatic nitrogens is 1. The molecule has 200 valence electrons. The normalized spacial score (nSPS) is 14.6. The zero-order valence-corrected chi connectivity index (χ0v) is 24.3. The minimum absolute atomic E-state index is 0.374. The second-order valence-corrected chi connectivity index (χ2v) is 12.7. The smallest absolute Gasteiger partial charge is 0.203 e. The van der Waals surface area contributed by atoms with Gasteiger partial charge in [0.05, 0.1) is 37.2 Å². The number of nitrogens with zero attached hydrogens (tertiary/aromatic N) is 2. The van der Waals surface area contributed by atoms with Gasteiger partial charge in [-0.1, -0.05) is 6.07 Å². The number of methoxy groups -OCH3 is 3. The lowest BCUT2D eigenvalue weighted by Crippen LogP contribution is -2.39. The number of piperidine rings is 1. The molecule has 1 saturated heterocycles. The zero-order valence-electron chi connectivity index (χ0n) is 22.7. The minimum Gasteiger partial charge on any atom is -0.493 e. The summed E-state index contributed by atoms with van der Waals surface area (Å²) in [5.74, 6) is 1.80. The highest BCUT2D eigenvalue weighted by Crippen LogP contribution is 2.39. The average Bonchev–Trinajstić information content (AvgIpc) is 3.35. The van der Waals surface area contributed by atoms with E-state index in [0.717, 1.165) is 38.6 Å². The van der Waals surface area contributed by atoms with Gasteiger partial charge in [-0.15, -0.1) is 11.3 Å². The molecule has 1 aliphatic rings. The number of hydrogen-bond donors (Lipinski definition) is 0. The number of rotatable bonds is 8. The maximum Gasteiger partial charge on any atom is 0.203 e. The highest BCUT2D eigenvalue weighted by atomic mass is 32.2. The van der Waals surface area contributed by atoms with E-state index in [2.05, 4.69) is 16.3 Å². The summed E-state index contributed by atoms with van der Waals surface area (Å²) in [6.07, 6.45) is 1.81. The molecular formula is C28H36N2O5S2. The Morgan fingerprint density at radius 2 is 1.49 bits per heavy atom. The Labute approximate surface area is 224 Å². The van der Waals surface area contributed by atoms with Gasteiger partial charge in [-0.05, 0) is 80.5 Å². The molecule has 4 rings (SSSR count). The maximum absolute atomic E-state index is 13.7. The van der Waals surface area contributed by atoms with Gasteiger partial charge in [0.15, 0.2) is 26.5 Å². The van der Waals surface area contributed by atoms with Gasteiger partial charge in [0.25, 0.3) is 0 Å². The topological polar surface area (TPSA) is 78.0 Å². The Bertz CT molecular complexity index is 1340. The third-order valence-corrected chi connectivity index (χ3v) is 10.9. The summed E-state index contributed by atoms with van der Waals surface area (Å²) in [6, 6.07) is 5.95. The van der Waals surface area contributed by atoms with Crippen molar-refractivity contribution in [2.24, 2.45) is 0 Å². The Kier molecular flexibility index (Phi) is 8.04. The fraction of sp³-hybridized carbons (Fsp3) is 0.464.